The molecule has 30 heavy (non-hydrogen) atoms. The fourth-order valence-electron chi connectivity index (χ4n) is 4.68. The predicted octanol–water partition coefficient (Wildman–Crippen LogP) is 2.60. The molecule has 0 radical (unpaired) electrons. The van der Waals surface area contributed by atoms with Gasteiger partial charge in [0.25, 0.3) is 5.91 Å². The SMILES string of the molecule is CCOC(=O)N1CCN(C(=O)CC2(N3Cc4ccccc4C3=O)CCSCC2)CC1. The van der Waals surface area contributed by atoms with Gasteiger partial charge in [0.05, 0.1) is 18.6 Å². The van der Waals surface area contributed by atoms with Crippen LogP contribution < -0.4 is 0 Å². The van der Waals surface area contributed by atoms with Crippen molar-refractivity contribution in [3.63, 3.8) is 0 Å². The molecule has 0 aromatic heterocycles. The van der Waals surface area contributed by atoms with Crippen LogP contribution in [-0.4, -0.2) is 82.4 Å². The van der Waals surface area contributed by atoms with Crippen LogP contribution in [0, 0.1) is 0 Å². The molecule has 3 aliphatic rings. The first-order valence-corrected chi connectivity index (χ1v) is 11.9. The van der Waals surface area contributed by atoms with Gasteiger partial charge in [0.1, 0.15) is 0 Å². The third-order valence-electron chi connectivity index (χ3n) is 6.46. The van der Waals surface area contributed by atoms with Crippen molar-refractivity contribution in [1.82, 2.24) is 14.7 Å². The molecule has 0 aliphatic carbocycles. The topological polar surface area (TPSA) is 70.2 Å². The molecule has 0 atom stereocenters. The number of carbonyl (C=O) groups excluding carboxylic acids is 3. The zero-order valence-corrected chi connectivity index (χ0v) is 18.3. The minimum atomic E-state index is -0.420. The summed E-state index contributed by atoms with van der Waals surface area (Å²) in [6.07, 6.45) is 1.72. The molecule has 4 rings (SSSR count). The number of piperazine rings is 1. The Balaban J connectivity index is 1.45. The van der Waals surface area contributed by atoms with Gasteiger partial charge < -0.3 is 19.4 Å². The zero-order chi connectivity index (χ0) is 21.1. The fraction of sp³-hybridized carbons (Fsp3) is 0.591. The smallest absolute Gasteiger partial charge is 0.409 e. The lowest BCUT2D eigenvalue weighted by molar-refractivity contribution is -0.135. The first-order chi connectivity index (χ1) is 14.5. The number of hydrogen-bond donors (Lipinski definition) is 0. The largest absolute Gasteiger partial charge is 0.450 e. The molecule has 3 heterocycles. The number of rotatable bonds is 4. The van der Waals surface area contributed by atoms with E-state index < -0.39 is 5.54 Å². The Morgan fingerprint density at radius 3 is 2.40 bits per heavy atom. The molecule has 0 unspecified atom stereocenters. The fourth-order valence-corrected chi connectivity index (χ4v) is 5.93. The molecular formula is C22H29N3O4S. The number of benzene rings is 1. The molecule has 8 heteroatoms. The maximum atomic E-state index is 13.3. The van der Waals surface area contributed by atoms with Gasteiger partial charge in [0.2, 0.25) is 5.91 Å². The minimum Gasteiger partial charge on any atom is -0.450 e. The van der Waals surface area contributed by atoms with E-state index in [1.54, 1.807) is 11.8 Å². The molecule has 2 fully saturated rings. The quantitative estimate of drug-likeness (QED) is 0.733. The number of thioether (sulfide) groups is 1. The average molecular weight is 432 g/mol. The molecule has 3 aliphatic heterocycles. The molecule has 162 valence electrons. The van der Waals surface area contributed by atoms with Gasteiger partial charge in [-0.1, -0.05) is 18.2 Å². The zero-order valence-electron chi connectivity index (χ0n) is 17.5. The van der Waals surface area contributed by atoms with E-state index in [-0.39, 0.29) is 17.9 Å². The van der Waals surface area contributed by atoms with Crippen LogP contribution in [0.4, 0.5) is 4.79 Å². The Morgan fingerprint density at radius 1 is 1.07 bits per heavy atom. The number of hydrogen-bond acceptors (Lipinski definition) is 5. The van der Waals surface area contributed by atoms with E-state index in [4.69, 9.17) is 4.74 Å². The van der Waals surface area contributed by atoms with Crippen molar-refractivity contribution in [2.75, 3.05) is 44.3 Å². The van der Waals surface area contributed by atoms with E-state index in [0.29, 0.717) is 45.8 Å². The highest BCUT2D eigenvalue weighted by molar-refractivity contribution is 7.99. The van der Waals surface area contributed by atoms with Crippen molar-refractivity contribution in [3.05, 3.63) is 35.4 Å². The van der Waals surface area contributed by atoms with Gasteiger partial charge in [-0.05, 0) is 42.9 Å². The van der Waals surface area contributed by atoms with Crippen LogP contribution in [0.25, 0.3) is 0 Å². The summed E-state index contributed by atoms with van der Waals surface area (Å²) < 4.78 is 5.06. The van der Waals surface area contributed by atoms with Crippen molar-refractivity contribution in [3.8, 4) is 0 Å². The van der Waals surface area contributed by atoms with Crippen LogP contribution in [0.1, 0.15) is 42.1 Å². The third kappa shape index (κ3) is 4.02. The Hall–Kier alpha value is -2.22. The van der Waals surface area contributed by atoms with E-state index in [1.807, 2.05) is 45.8 Å². The van der Waals surface area contributed by atoms with E-state index in [2.05, 4.69) is 0 Å². The van der Waals surface area contributed by atoms with E-state index in [9.17, 15) is 14.4 Å². The highest BCUT2D eigenvalue weighted by atomic mass is 32.2. The van der Waals surface area contributed by atoms with Gasteiger partial charge in [0, 0.05) is 38.3 Å². The van der Waals surface area contributed by atoms with Crippen molar-refractivity contribution in [1.29, 1.82) is 0 Å². The van der Waals surface area contributed by atoms with Crippen molar-refractivity contribution < 1.29 is 19.1 Å². The summed E-state index contributed by atoms with van der Waals surface area (Å²) in [5.74, 6) is 2.06. The summed E-state index contributed by atoms with van der Waals surface area (Å²) >= 11 is 1.89. The number of ether oxygens (including phenoxy) is 1. The van der Waals surface area contributed by atoms with Crippen molar-refractivity contribution >= 4 is 29.7 Å². The lowest BCUT2D eigenvalue weighted by atomic mass is 9.85. The summed E-state index contributed by atoms with van der Waals surface area (Å²) in [5, 5.41) is 0. The maximum absolute atomic E-state index is 13.3. The average Bonchev–Trinajstić information content (AvgIpc) is 3.12. The molecule has 3 amide bonds. The lowest BCUT2D eigenvalue weighted by Crippen LogP contribution is -2.56. The van der Waals surface area contributed by atoms with Gasteiger partial charge in [0.15, 0.2) is 0 Å². The van der Waals surface area contributed by atoms with Gasteiger partial charge in [-0.15, -0.1) is 0 Å². The van der Waals surface area contributed by atoms with Crippen LogP contribution in [0.2, 0.25) is 0 Å². The molecule has 7 nitrogen and oxygen atoms in total. The van der Waals surface area contributed by atoms with Crippen LogP contribution in [-0.2, 0) is 16.1 Å². The summed E-state index contributed by atoms with van der Waals surface area (Å²) in [6, 6.07) is 7.76. The van der Waals surface area contributed by atoms with Crippen LogP contribution >= 0.6 is 11.8 Å². The van der Waals surface area contributed by atoms with Crippen LogP contribution in [0.5, 0.6) is 0 Å². The minimum absolute atomic E-state index is 0.0532. The van der Waals surface area contributed by atoms with E-state index >= 15 is 0 Å². The molecule has 1 aromatic carbocycles. The van der Waals surface area contributed by atoms with Crippen LogP contribution in [0.3, 0.4) is 0 Å². The molecule has 0 N–H and O–H groups in total. The van der Waals surface area contributed by atoms with Gasteiger partial charge in [-0.25, -0.2) is 4.79 Å². The Kier molecular flexibility index (Phi) is 6.22. The first-order valence-electron chi connectivity index (χ1n) is 10.7. The molecular weight excluding hydrogens is 402 g/mol. The third-order valence-corrected chi connectivity index (χ3v) is 7.44. The van der Waals surface area contributed by atoms with Crippen molar-refractivity contribution in [2.24, 2.45) is 0 Å². The maximum Gasteiger partial charge on any atom is 0.409 e. The van der Waals surface area contributed by atoms with E-state index in [0.717, 1.165) is 35.5 Å². The molecule has 2 saturated heterocycles. The number of amides is 3. The number of carbonyl (C=O) groups is 3. The summed E-state index contributed by atoms with van der Waals surface area (Å²) in [6.45, 7) is 4.72. The van der Waals surface area contributed by atoms with E-state index in [1.165, 1.54) is 0 Å². The molecule has 0 bridgehead atoms. The molecule has 0 saturated carbocycles. The second-order valence-electron chi connectivity index (χ2n) is 8.13. The number of nitrogens with zero attached hydrogens (tertiary/aromatic N) is 3. The van der Waals surface area contributed by atoms with Crippen LogP contribution in [0.15, 0.2) is 24.3 Å². The Labute approximate surface area is 181 Å². The van der Waals surface area contributed by atoms with Gasteiger partial charge in [-0.2, -0.15) is 11.8 Å². The summed E-state index contributed by atoms with van der Waals surface area (Å²) in [4.78, 5) is 43.8. The predicted molar refractivity (Wildman–Crippen MR) is 115 cm³/mol. The van der Waals surface area contributed by atoms with Crippen molar-refractivity contribution in [2.45, 2.75) is 38.3 Å². The number of fused-ring (bicyclic) bond motifs is 1. The second kappa shape index (κ2) is 8.88. The monoisotopic (exact) mass is 431 g/mol. The Morgan fingerprint density at radius 2 is 1.73 bits per heavy atom. The lowest BCUT2D eigenvalue weighted by Gasteiger charge is -2.45. The summed E-state index contributed by atoms with van der Waals surface area (Å²) in [5.41, 5.74) is 1.40. The molecule has 1 aromatic rings. The summed E-state index contributed by atoms with van der Waals surface area (Å²) in [7, 11) is 0. The first kappa shape index (κ1) is 21.0. The van der Waals surface area contributed by atoms with Gasteiger partial charge in [-0.3, -0.25) is 9.59 Å². The molecule has 0 spiro atoms. The highest BCUT2D eigenvalue weighted by Crippen LogP contribution is 2.40. The normalized spacial score (nSPS) is 20.8. The second-order valence-corrected chi connectivity index (χ2v) is 9.35. The van der Waals surface area contributed by atoms with Gasteiger partial charge >= 0.3 is 6.09 Å². The standard InChI is InChI=1S/C22H29N3O4S/c1-2-29-21(28)24-11-9-23(10-12-24)19(26)15-22(7-13-30-14-8-22)25-16-17-5-3-4-6-18(17)20(25)27/h3-6H,2,7-16H2,1H3. The highest BCUT2D eigenvalue weighted by Gasteiger charge is 2.46. The Bertz CT molecular complexity index is 816.